The van der Waals surface area contributed by atoms with Gasteiger partial charge in [-0.2, -0.15) is 0 Å². The third kappa shape index (κ3) is 4.69. The Morgan fingerprint density at radius 1 is 0.758 bits per heavy atom. The summed E-state index contributed by atoms with van der Waals surface area (Å²) in [5.74, 6) is 1.96. The second kappa shape index (κ2) is 9.12. The maximum absolute atomic E-state index is 12.5. The molecule has 2 amide bonds. The van der Waals surface area contributed by atoms with Crippen molar-refractivity contribution in [3.8, 4) is 23.0 Å². The summed E-state index contributed by atoms with van der Waals surface area (Å²) in [6, 6.07) is 21.3. The summed E-state index contributed by atoms with van der Waals surface area (Å²) >= 11 is 0. The number of hydrogen-bond donors (Lipinski definition) is 2. The van der Waals surface area contributed by atoms with E-state index in [1.54, 1.807) is 36.4 Å². The van der Waals surface area contributed by atoms with E-state index < -0.39 is 6.10 Å². The van der Waals surface area contributed by atoms with Gasteiger partial charge < -0.3 is 29.6 Å². The maximum Gasteiger partial charge on any atom is 0.269 e. The lowest BCUT2D eigenvalue weighted by molar-refractivity contribution is -0.125. The number of benzene rings is 3. The summed E-state index contributed by atoms with van der Waals surface area (Å²) < 4.78 is 22.8. The summed E-state index contributed by atoms with van der Waals surface area (Å²) in [5.41, 5.74) is 1.02. The number of rotatable bonds is 5. The normalized spacial score (nSPS) is 18.2. The molecule has 0 spiro atoms. The molecule has 2 heterocycles. The maximum atomic E-state index is 12.5. The molecule has 0 fully saturated rings. The quantitative estimate of drug-likeness (QED) is 0.626. The minimum Gasteiger partial charge on any atom is -0.486 e. The van der Waals surface area contributed by atoms with Crippen LogP contribution in [-0.2, 0) is 4.79 Å². The van der Waals surface area contributed by atoms with Crippen molar-refractivity contribution in [1.29, 1.82) is 0 Å². The van der Waals surface area contributed by atoms with Gasteiger partial charge >= 0.3 is 0 Å². The standard InChI is InChI=1S/C25H22N2O6/c28-24(26-13-18-14-30-19-5-1-3-7-21(19)32-18)16-9-11-17(12-10-16)27-25(29)23-15-31-20-6-2-4-8-22(20)33-23/h1-12,18,23H,13-15H2,(H,26,28)(H,27,29). The van der Waals surface area contributed by atoms with E-state index >= 15 is 0 Å². The molecule has 8 nitrogen and oxygen atoms in total. The Kier molecular flexibility index (Phi) is 5.72. The molecule has 3 aromatic carbocycles. The Morgan fingerprint density at radius 3 is 2.06 bits per heavy atom. The summed E-state index contributed by atoms with van der Waals surface area (Å²) in [6.07, 6.45) is -1.03. The Balaban J connectivity index is 1.12. The number of para-hydroxylation sites is 4. The number of carbonyl (C=O) groups is 2. The van der Waals surface area contributed by atoms with Gasteiger partial charge in [0.2, 0.25) is 6.10 Å². The topological polar surface area (TPSA) is 95.1 Å². The molecule has 5 rings (SSSR count). The van der Waals surface area contributed by atoms with Gasteiger partial charge in [0.25, 0.3) is 11.8 Å². The van der Waals surface area contributed by atoms with Crippen molar-refractivity contribution in [2.24, 2.45) is 0 Å². The van der Waals surface area contributed by atoms with Crippen LogP contribution in [0.25, 0.3) is 0 Å². The van der Waals surface area contributed by atoms with Gasteiger partial charge in [-0.3, -0.25) is 9.59 Å². The molecule has 2 N–H and O–H groups in total. The smallest absolute Gasteiger partial charge is 0.269 e. The van der Waals surface area contributed by atoms with Crippen LogP contribution in [0.15, 0.2) is 72.8 Å². The Morgan fingerprint density at radius 2 is 1.36 bits per heavy atom. The zero-order chi connectivity index (χ0) is 22.6. The van der Waals surface area contributed by atoms with E-state index in [-0.39, 0.29) is 24.5 Å². The molecular weight excluding hydrogens is 424 g/mol. The average molecular weight is 446 g/mol. The summed E-state index contributed by atoms with van der Waals surface area (Å²) in [4.78, 5) is 25.0. The number of nitrogens with one attached hydrogen (secondary N) is 2. The molecule has 2 unspecified atom stereocenters. The molecule has 2 atom stereocenters. The Bertz CT molecular complexity index is 1160. The molecule has 3 aromatic rings. The van der Waals surface area contributed by atoms with Gasteiger partial charge in [0.05, 0.1) is 6.54 Å². The van der Waals surface area contributed by atoms with Crippen molar-refractivity contribution in [2.45, 2.75) is 12.2 Å². The van der Waals surface area contributed by atoms with Gasteiger partial charge in [0.1, 0.15) is 19.3 Å². The first kappa shape index (κ1) is 20.7. The molecule has 0 bridgehead atoms. The number of hydrogen-bond acceptors (Lipinski definition) is 6. The molecule has 0 radical (unpaired) electrons. The van der Waals surface area contributed by atoms with E-state index in [1.807, 2.05) is 36.4 Å². The van der Waals surface area contributed by atoms with E-state index in [4.69, 9.17) is 18.9 Å². The van der Waals surface area contributed by atoms with Crippen LogP contribution in [0.5, 0.6) is 23.0 Å². The second-order valence-electron chi connectivity index (χ2n) is 7.64. The molecule has 0 saturated heterocycles. The fourth-order valence-electron chi connectivity index (χ4n) is 3.55. The number of ether oxygens (including phenoxy) is 4. The largest absolute Gasteiger partial charge is 0.486 e. The van der Waals surface area contributed by atoms with Gasteiger partial charge in [0.15, 0.2) is 23.0 Å². The number of carbonyl (C=O) groups excluding carboxylic acids is 2. The van der Waals surface area contributed by atoms with E-state index in [9.17, 15) is 9.59 Å². The number of anilines is 1. The van der Waals surface area contributed by atoms with Crippen molar-refractivity contribution < 1.29 is 28.5 Å². The zero-order valence-corrected chi connectivity index (χ0v) is 17.7. The van der Waals surface area contributed by atoms with Gasteiger partial charge in [0, 0.05) is 11.3 Å². The molecular formula is C25H22N2O6. The molecule has 8 heteroatoms. The van der Waals surface area contributed by atoms with Crippen LogP contribution < -0.4 is 29.6 Å². The third-order valence-electron chi connectivity index (χ3n) is 5.27. The molecule has 2 aliphatic rings. The van der Waals surface area contributed by atoms with Crippen molar-refractivity contribution in [2.75, 3.05) is 25.1 Å². The van der Waals surface area contributed by atoms with Crippen LogP contribution in [0.4, 0.5) is 5.69 Å². The summed E-state index contributed by atoms with van der Waals surface area (Å²) in [5, 5.41) is 5.64. The fraction of sp³-hybridized carbons (Fsp3) is 0.200. The van der Waals surface area contributed by atoms with Crippen LogP contribution >= 0.6 is 0 Å². The fourth-order valence-corrected chi connectivity index (χ4v) is 3.55. The van der Waals surface area contributed by atoms with Gasteiger partial charge in [-0.15, -0.1) is 0 Å². The van der Waals surface area contributed by atoms with E-state index in [1.165, 1.54) is 0 Å². The van der Waals surface area contributed by atoms with Crippen LogP contribution in [0, 0.1) is 0 Å². The third-order valence-corrected chi connectivity index (χ3v) is 5.27. The molecule has 0 aliphatic carbocycles. The predicted molar refractivity (Wildman–Crippen MR) is 120 cm³/mol. The van der Waals surface area contributed by atoms with Crippen LogP contribution in [-0.4, -0.2) is 43.8 Å². The van der Waals surface area contributed by atoms with Crippen LogP contribution in [0.3, 0.4) is 0 Å². The van der Waals surface area contributed by atoms with Crippen molar-refractivity contribution in [3.05, 3.63) is 78.4 Å². The lowest BCUT2D eigenvalue weighted by Crippen LogP contribution is -2.40. The lowest BCUT2D eigenvalue weighted by atomic mass is 10.2. The minimum atomic E-state index is -0.759. The van der Waals surface area contributed by atoms with Crippen LogP contribution in [0.2, 0.25) is 0 Å². The highest BCUT2D eigenvalue weighted by Crippen LogP contribution is 2.32. The highest BCUT2D eigenvalue weighted by atomic mass is 16.6. The highest BCUT2D eigenvalue weighted by molar-refractivity contribution is 5.97. The average Bonchev–Trinajstić information content (AvgIpc) is 2.87. The van der Waals surface area contributed by atoms with E-state index in [0.29, 0.717) is 47.4 Å². The van der Waals surface area contributed by atoms with Crippen molar-refractivity contribution in [1.82, 2.24) is 5.32 Å². The van der Waals surface area contributed by atoms with E-state index in [2.05, 4.69) is 10.6 Å². The van der Waals surface area contributed by atoms with E-state index in [0.717, 1.165) is 0 Å². The summed E-state index contributed by atoms with van der Waals surface area (Å²) in [7, 11) is 0. The second-order valence-corrected chi connectivity index (χ2v) is 7.64. The molecule has 0 aromatic heterocycles. The van der Waals surface area contributed by atoms with Gasteiger partial charge in [-0.05, 0) is 48.5 Å². The molecule has 0 saturated carbocycles. The van der Waals surface area contributed by atoms with Gasteiger partial charge in [-0.25, -0.2) is 0 Å². The van der Waals surface area contributed by atoms with Crippen molar-refractivity contribution in [3.63, 3.8) is 0 Å². The first-order chi connectivity index (χ1) is 16.2. The number of amides is 2. The first-order valence-electron chi connectivity index (χ1n) is 10.6. The minimum absolute atomic E-state index is 0.126. The SMILES string of the molecule is O=C(NCC1COc2ccccc2O1)c1ccc(NC(=O)C2COc3ccccc3O2)cc1. The predicted octanol–water partition coefficient (Wildman–Crippen LogP) is 3.03. The molecule has 168 valence electrons. The first-order valence-corrected chi connectivity index (χ1v) is 10.6. The molecule has 2 aliphatic heterocycles. The van der Waals surface area contributed by atoms with Gasteiger partial charge in [-0.1, -0.05) is 24.3 Å². The summed E-state index contributed by atoms with van der Waals surface area (Å²) in [6.45, 7) is 0.798. The lowest BCUT2D eigenvalue weighted by Gasteiger charge is -2.26. The zero-order valence-electron chi connectivity index (χ0n) is 17.7. The van der Waals surface area contributed by atoms with Crippen LogP contribution in [0.1, 0.15) is 10.4 Å². The van der Waals surface area contributed by atoms with Crippen molar-refractivity contribution >= 4 is 17.5 Å². The molecule has 33 heavy (non-hydrogen) atoms. The number of fused-ring (bicyclic) bond motifs is 2. The Hall–Kier alpha value is -4.20. The Labute approximate surface area is 190 Å². The monoisotopic (exact) mass is 446 g/mol. The highest BCUT2D eigenvalue weighted by Gasteiger charge is 2.27.